The van der Waals surface area contributed by atoms with Crippen molar-refractivity contribution >= 4 is 23.5 Å². The third-order valence-electron chi connectivity index (χ3n) is 6.94. The van der Waals surface area contributed by atoms with E-state index in [1.54, 1.807) is 6.07 Å². The van der Waals surface area contributed by atoms with E-state index in [0.717, 1.165) is 74.1 Å². The van der Waals surface area contributed by atoms with Gasteiger partial charge in [-0.2, -0.15) is 9.97 Å². The maximum atomic E-state index is 15.3. The molecular formula is C29H36FN7O. The molecule has 0 spiro atoms. The average Bonchev–Trinajstić information content (AvgIpc) is 3.50. The molecular weight excluding hydrogens is 481 g/mol. The van der Waals surface area contributed by atoms with Crippen molar-refractivity contribution < 1.29 is 9.13 Å². The zero-order valence-electron chi connectivity index (χ0n) is 22.7. The molecule has 1 fully saturated rings. The monoisotopic (exact) mass is 517 g/mol. The summed E-state index contributed by atoms with van der Waals surface area (Å²) in [6.07, 6.45) is 8.68. The summed E-state index contributed by atoms with van der Waals surface area (Å²) in [6, 6.07) is 5.60. The van der Waals surface area contributed by atoms with Crippen LogP contribution in [-0.2, 0) is 6.42 Å². The minimum Gasteiger partial charge on any atom is -0.421 e. The topological polar surface area (TPSA) is 69.1 Å². The van der Waals surface area contributed by atoms with Crippen LogP contribution in [-0.4, -0.2) is 85.5 Å². The second-order valence-corrected chi connectivity index (χ2v) is 10.3. The quantitative estimate of drug-likeness (QED) is 0.557. The van der Waals surface area contributed by atoms with E-state index in [2.05, 4.69) is 44.1 Å². The lowest BCUT2D eigenvalue weighted by Gasteiger charge is -2.35. The number of rotatable bonds is 8. The highest BCUT2D eigenvalue weighted by atomic mass is 19.1. The van der Waals surface area contributed by atoms with Crippen molar-refractivity contribution in [1.82, 2.24) is 19.8 Å². The first-order valence-corrected chi connectivity index (χ1v) is 13.2. The highest BCUT2D eigenvalue weighted by Crippen LogP contribution is 2.34. The number of nitrogens with zero attached hydrogens (tertiary/aromatic N) is 6. The van der Waals surface area contributed by atoms with E-state index in [-0.39, 0.29) is 17.6 Å². The van der Waals surface area contributed by atoms with Crippen molar-refractivity contribution in [2.45, 2.75) is 20.3 Å². The minimum absolute atomic E-state index is 0.105. The summed E-state index contributed by atoms with van der Waals surface area (Å²) in [7, 11) is 4.19. The van der Waals surface area contributed by atoms with Gasteiger partial charge in [0.15, 0.2) is 11.6 Å². The van der Waals surface area contributed by atoms with Gasteiger partial charge in [-0.1, -0.05) is 29.9 Å². The molecule has 1 saturated heterocycles. The third-order valence-corrected chi connectivity index (χ3v) is 6.94. The number of benzene rings is 1. The van der Waals surface area contributed by atoms with E-state index >= 15 is 4.39 Å². The van der Waals surface area contributed by atoms with Gasteiger partial charge in [-0.25, -0.2) is 4.39 Å². The Hall–Kier alpha value is -3.56. The average molecular weight is 518 g/mol. The minimum atomic E-state index is -0.378. The van der Waals surface area contributed by atoms with Gasteiger partial charge >= 0.3 is 6.01 Å². The number of aliphatic imine (C=N–C) groups is 1. The highest BCUT2D eigenvalue weighted by Gasteiger charge is 2.22. The lowest BCUT2D eigenvalue weighted by Crippen LogP contribution is -2.48. The number of likely N-dealkylation sites (N-methyl/N-ethyl adjacent to an activating group) is 1. The maximum Gasteiger partial charge on any atom is 0.326 e. The Morgan fingerprint density at radius 2 is 1.95 bits per heavy atom. The molecule has 2 aromatic rings. The zero-order valence-corrected chi connectivity index (χ0v) is 22.7. The number of ether oxygens (including phenoxy) is 1. The van der Waals surface area contributed by atoms with Gasteiger partial charge in [0.1, 0.15) is 17.5 Å². The maximum absolute atomic E-state index is 15.3. The standard InChI is InChI=1S/C29H36FN7O/c1-5-6-21-17-25(31-19-21)32-26-18-27(37-13-11-36(12-14-37)10-9-35(3)4)34-29(33-26)38-24-8-7-22-15-20(2)16-23(22)28(24)30/h5-8,16-18H,9-15,19H2,1-4H3,(H,31,32,33,34)/b6-5+. The molecule has 0 radical (unpaired) electrons. The number of hydrogen-bond donors (Lipinski definition) is 1. The number of amidine groups is 1. The Balaban J connectivity index is 1.39. The molecule has 2 aliphatic heterocycles. The predicted octanol–water partition coefficient (Wildman–Crippen LogP) is 4.38. The number of fused-ring (bicyclic) bond motifs is 1. The molecule has 0 saturated carbocycles. The molecule has 38 heavy (non-hydrogen) atoms. The van der Waals surface area contributed by atoms with E-state index in [4.69, 9.17) is 9.72 Å². The van der Waals surface area contributed by atoms with Crippen LogP contribution in [0.2, 0.25) is 0 Å². The van der Waals surface area contributed by atoms with Crippen LogP contribution in [0.5, 0.6) is 11.8 Å². The molecule has 0 atom stereocenters. The molecule has 1 aromatic carbocycles. The molecule has 3 heterocycles. The van der Waals surface area contributed by atoms with Crippen LogP contribution in [0.25, 0.3) is 6.08 Å². The number of anilines is 2. The van der Waals surface area contributed by atoms with Crippen LogP contribution in [0.3, 0.4) is 0 Å². The number of aromatic nitrogens is 2. The fourth-order valence-corrected chi connectivity index (χ4v) is 4.89. The summed E-state index contributed by atoms with van der Waals surface area (Å²) in [5.74, 6) is 1.79. The van der Waals surface area contributed by atoms with E-state index in [9.17, 15) is 0 Å². The fraction of sp³-hybridized carbons (Fsp3) is 0.414. The van der Waals surface area contributed by atoms with Gasteiger partial charge in [0, 0.05) is 50.9 Å². The molecule has 1 aromatic heterocycles. The molecule has 8 nitrogen and oxygen atoms in total. The molecule has 9 heteroatoms. The predicted molar refractivity (Wildman–Crippen MR) is 152 cm³/mol. The summed E-state index contributed by atoms with van der Waals surface area (Å²) < 4.78 is 21.3. The van der Waals surface area contributed by atoms with E-state index in [0.29, 0.717) is 17.9 Å². The number of allylic oxidation sites excluding steroid dienone is 2. The highest BCUT2D eigenvalue weighted by molar-refractivity contribution is 6.05. The Morgan fingerprint density at radius 3 is 2.71 bits per heavy atom. The molecule has 0 unspecified atom stereocenters. The van der Waals surface area contributed by atoms with Crippen LogP contribution in [0, 0.1) is 5.82 Å². The van der Waals surface area contributed by atoms with Gasteiger partial charge in [-0.15, -0.1) is 0 Å². The van der Waals surface area contributed by atoms with Gasteiger partial charge in [0.2, 0.25) is 0 Å². The summed E-state index contributed by atoms with van der Waals surface area (Å²) in [5.41, 5.74) is 3.82. The van der Waals surface area contributed by atoms with Crippen molar-refractivity contribution in [2.24, 2.45) is 4.99 Å². The molecule has 5 rings (SSSR count). The molecule has 0 bridgehead atoms. The molecule has 1 aliphatic carbocycles. The van der Waals surface area contributed by atoms with Crippen LogP contribution < -0.4 is 15.0 Å². The van der Waals surface area contributed by atoms with Crippen LogP contribution in [0.15, 0.2) is 52.6 Å². The van der Waals surface area contributed by atoms with Crippen molar-refractivity contribution in [1.29, 1.82) is 0 Å². The second kappa shape index (κ2) is 11.4. The molecule has 200 valence electrons. The van der Waals surface area contributed by atoms with E-state index in [1.165, 1.54) is 0 Å². The van der Waals surface area contributed by atoms with Gasteiger partial charge < -0.3 is 19.9 Å². The Bertz CT molecular complexity index is 1310. The zero-order chi connectivity index (χ0) is 26.6. The summed E-state index contributed by atoms with van der Waals surface area (Å²) in [6.45, 7) is 10.3. The van der Waals surface area contributed by atoms with Crippen molar-refractivity contribution in [2.75, 3.05) is 70.1 Å². The van der Waals surface area contributed by atoms with E-state index < -0.39 is 0 Å². The van der Waals surface area contributed by atoms with Gasteiger partial charge in [-0.3, -0.25) is 9.89 Å². The van der Waals surface area contributed by atoms with Crippen molar-refractivity contribution in [3.05, 3.63) is 64.5 Å². The van der Waals surface area contributed by atoms with Crippen molar-refractivity contribution in [3.63, 3.8) is 0 Å². The number of nitrogens with one attached hydrogen (secondary N) is 1. The smallest absolute Gasteiger partial charge is 0.326 e. The fourth-order valence-electron chi connectivity index (χ4n) is 4.89. The lowest BCUT2D eigenvalue weighted by atomic mass is 10.1. The first kappa shape index (κ1) is 26.1. The van der Waals surface area contributed by atoms with Gasteiger partial charge in [0.05, 0.1) is 6.54 Å². The SMILES string of the molecule is C/C=C/C1=CC(Nc2cc(N3CCN(CCN(C)C)CC3)nc(Oc3ccc4c(c3F)C=C(C)C4)n2)=NC1. The van der Waals surface area contributed by atoms with Crippen LogP contribution in [0.1, 0.15) is 25.0 Å². The molecule has 3 aliphatic rings. The summed E-state index contributed by atoms with van der Waals surface area (Å²) in [5, 5.41) is 3.30. The van der Waals surface area contributed by atoms with Crippen LogP contribution in [0.4, 0.5) is 16.0 Å². The largest absolute Gasteiger partial charge is 0.421 e. The molecule has 0 amide bonds. The Kier molecular flexibility index (Phi) is 7.85. The Labute approximate surface area is 224 Å². The van der Waals surface area contributed by atoms with Crippen LogP contribution >= 0.6 is 0 Å². The second-order valence-electron chi connectivity index (χ2n) is 10.3. The molecule has 1 N–H and O–H groups in total. The third kappa shape index (κ3) is 6.11. The summed E-state index contributed by atoms with van der Waals surface area (Å²) in [4.78, 5) is 20.7. The first-order valence-electron chi connectivity index (χ1n) is 13.2. The van der Waals surface area contributed by atoms with E-state index in [1.807, 2.05) is 50.3 Å². The van der Waals surface area contributed by atoms with Gasteiger partial charge in [0.25, 0.3) is 0 Å². The Morgan fingerprint density at radius 1 is 1.13 bits per heavy atom. The van der Waals surface area contributed by atoms with Gasteiger partial charge in [-0.05, 0) is 57.6 Å². The summed E-state index contributed by atoms with van der Waals surface area (Å²) >= 11 is 0. The number of halogens is 1. The number of hydrogen-bond acceptors (Lipinski definition) is 8. The lowest BCUT2D eigenvalue weighted by molar-refractivity contribution is 0.229. The van der Waals surface area contributed by atoms with Crippen molar-refractivity contribution in [3.8, 4) is 11.8 Å². The number of piperazine rings is 1. The normalized spacial score (nSPS) is 17.6. The first-order chi connectivity index (χ1) is 18.4.